The minimum Gasteiger partial charge on any atom is -0.478 e. The van der Waals surface area contributed by atoms with E-state index in [2.05, 4.69) is 15.3 Å². The van der Waals surface area contributed by atoms with Gasteiger partial charge in [-0.2, -0.15) is 0 Å². The number of hydrogen-bond donors (Lipinski definition) is 2. The van der Waals surface area contributed by atoms with Crippen LogP contribution in [0.1, 0.15) is 39.5 Å². The number of aryl methyl sites for hydroxylation is 2. The Kier molecular flexibility index (Phi) is 5.37. The largest absolute Gasteiger partial charge is 0.478 e. The lowest BCUT2D eigenvalue weighted by Crippen LogP contribution is -2.12. The maximum atomic E-state index is 13.1. The predicted octanol–water partition coefficient (Wildman–Crippen LogP) is 5.95. The molecule has 3 aromatic heterocycles. The van der Waals surface area contributed by atoms with Gasteiger partial charge in [-0.15, -0.1) is 0 Å². The van der Waals surface area contributed by atoms with E-state index in [0.29, 0.717) is 28.1 Å². The lowest BCUT2D eigenvalue weighted by atomic mass is 10.0. The van der Waals surface area contributed by atoms with Gasteiger partial charge in [-0.3, -0.25) is 4.79 Å². The van der Waals surface area contributed by atoms with E-state index in [4.69, 9.17) is 4.42 Å². The van der Waals surface area contributed by atoms with Gasteiger partial charge >= 0.3 is 5.97 Å². The summed E-state index contributed by atoms with van der Waals surface area (Å²) in [6.45, 7) is 5.74. The number of hydrogen-bond acceptors (Lipinski definition) is 7. The Morgan fingerprint density at radius 3 is 2.68 bits per heavy atom. The SMILES string of the molecule is Cc1cc(C(C)Nc2ccccc2C(=O)O)c2oc(-c3ccc4nc(C)sc4n3)cc(=O)c2c1. The summed E-state index contributed by atoms with van der Waals surface area (Å²) < 4.78 is 6.27. The fourth-order valence-corrected chi connectivity index (χ4v) is 4.84. The third-order valence-corrected chi connectivity index (χ3v) is 6.49. The van der Waals surface area contributed by atoms with Crippen molar-refractivity contribution in [1.82, 2.24) is 9.97 Å². The van der Waals surface area contributed by atoms with Crippen molar-refractivity contribution in [1.29, 1.82) is 0 Å². The quantitative estimate of drug-likeness (QED) is 0.326. The first-order valence-electron chi connectivity index (χ1n) is 10.7. The molecule has 0 saturated carbocycles. The Labute approximate surface area is 198 Å². The molecule has 1 atom stereocenters. The molecule has 1 unspecified atom stereocenters. The van der Waals surface area contributed by atoms with E-state index in [1.165, 1.54) is 17.4 Å². The Morgan fingerprint density at radius 2 is 1.88 bits per heavy atom. The maximum Gasteiger partial charge on any atom is 0.337 e. The number of fused-ring (bicyclic) bond motifs is 2. The summed E-state index contributed by atoms with van der Waals surface area (Å²) in [5.41, 5.74) is 3.96. The Balaban J connectivity index is 1.64. The zero-order valence-corrected chi connectivity index (χ0v) is 19.6. The highest BCUT2D eigenvalue weighted by Crippen LogP contribution is 2.31. The second-order valence-corrected chi connectivity index (χ2v) is 9.36. The van der Waals surface area contributed by atoms with Crippen LogP contribution in [0.4, 0.5) is 5.69 Å². The highest BCUT2D eigenvalue weighted by atomic mass is 32.1. The van der Waals surface area contributed by atoms with E-state index < -0.39 is 5.97 Å². The molecule has 8 heteroatoms. The average Bonchev–Trinajstić information content (AvgIpc) is 3.18. The highest BCUT2D eigenvalue weighted by molar-refractivity contribution is 7.18. The van der Waals surface area contributed by atoms with Crippen molar-refractivity contribution in [3.8, 4) is 11.5 Å². The van der Waals surface area contributed by atoms with Crippen LogP contribution >= 0.6 is 11.3 Å². The molecule has 2 aromatic carbocycles. The number of aromatic nitrogens is 2. The Bertz CT molecular complexity index is 1640. The summed E-state index contributed by atoms with van der Waals surface area (Å²) in [5.74, 6) is -0.647. The average molecular weight is 472 g/mol. The number of thiazole rings is 1. The number of anilines is 1. The number of aromatic carboxylic acids is 1. The molecule has 5 rings (SSSR count). The van der Waals surface area contributed by atoms with Crippen LogP contribution in [-0.2, 0) is 0 Å². The number of nitrogens with one attached hydrogen (secondary N) is 1. The third kappa shape index (κ3) is 3.92. The van der Waals surface area contributed by atoms with Crippen LogP contribution in [0.15, 0.2) is 63.8 Å². The number of carboxylic acids is 1. The monoisotopic (exact) mass is 471 g/mol. The van der Waals surface area contributed by atoms with Crippen molar-refractivity contribution in [3.05, 3.63) is 86.5 Å². The molecule has 0 amide bonds. The number of para-hydroxylation sites is 1. The van der Waals surface area contributed by atoms with Gasteiger partial charge in [0.1, 0.15) is 21.6 Å². The van der Waals surface area contributed by atoms with E-state index >= 15 is 0 Å². The minimum atomic E-state index is -1.02. The molecule has 2 N–H and O–H groups in total. The smallest absolute Gasteiger partial charge is 0.337 e. The molecule has 0 radical (unpaired) electrons. The van der Waals surface area contributed by atoms with Crippen LogP contribution in [0.3, 0.4) is 0 Å². The van der Waals surface area contributed by atoms with Crippen LogP contribution in [0, 0.1) is 13.8 Å². The van der Waals surface area contributed by atoms with Crippen molar-refractivity contribution in [2.45, 2.75) is 26.8 Å². The first-order valence-corrected chi connectivity index (χ1v) is 11.5. The summed E-state index contributed by atoms with van der Waals surface area (Å²) in [6.07, 6.45) is 0. The van der Waals surface area contributed by atoms with Gasteiger partial charge in [-0.05, 0) is 56.7 Å². The van der Waals surface area contributed by atoms with Crippen LogP contribution in [0.5, 0.6) is 0 Å². The number of carboxylic acid groups (broad SMARTS) is 1. The molecule has 0 aliphatic rings. The molecule has 0 saturated heterocycles. The summed E-state index contributed by atoms with van der Waals surface area (Å²) in [5, 5.41) is 14.2. The minimum absolute atomic E-state index is 0.165. The van der Waals surface area contributed by atoms with Gasteiger partial charge in [-0.25, -0.2) is 14.8 Å². The first-order chi connectivity index (χ1) is 16.3. The van der Waals surface area contributed by atoms with E-state index in [1.807, 2.05) is 32.9 Å². The predicted molar refractivity (Wildman–Crippen MR) is 134 cm³/mol. The zero-order chi connectivity index (χ0) is 24.0. The van der Waals surface area contributed by atoms with E-state index in [1.54, 1.807) is 36.4 Å². The standard InChI is InChI=1S/C26H21N3O4S/c1-13-10-17(14(2)27-19-7-5-4-6-16(19)26(31)32)24-18(11-13)22(30)12-23(33-24)20-8-9-21-25(29-20)34-15(3)28-21/h4-12,14,27H,1-3H3,(H,31,32). The fraction of sp³-hybridized carbons (Fsp3) is 0.154. The summed E-state index contributed by atoms with van der Waals surface area (Å²) >= 11 is 1.48. The van der Waals surface area contributed by atoms with Gasteiger partial charge in [0, 0.05) is 17.3 Å². The van der Waals surface area contributed by atoms with Crippen molar-refractivity contribution < 1.29 is 14.3 Å². The third-order valence-electron chi connectivity index (χ3n) is 5.61. The lowest BCUT2D eigenvalue weighted by molar-refractivity contribution is 0.0698. The molecule has 170 valence electrons. The summed E-state index contributed by atoms with van der Waals surface area (Å²) in [7, 11) is 0. The Hall–Kier alpha value is -4.04. The molecule has 0 spiro atoms. The highest BCUT2D eigenvalue weighted by Gasteiger charge is 2.19. The molecule has 0 fully saturated rings. The molecular formula is C26H21N3O4S. The molecule has 7 nitrogen and oxygen atoms in total. The molecule has 0 aliphatic carbocycles. The van der Waals surface area contributed by atoms with E-state index in [9.17, 15) is 14.7 Å². The fourth-order valence-electron chi connectivity index (χ4n) is 4.05. The number of benzene rings is 2. The van der Waals surface area contributed by atoms with Crippen molar-refractivity contribution in [3.63, 3.8) is 0 Å². The van der Waals surface area contributed by atoms with E-state index in [-0.39, 0.29) is 17.0 Å². The van der Waals surface area contributed by atoms with Crippen molar-refractivity contribution in [2.24, 2.45) is 0 Å². The van der Waals surface area contributed by atoms with Gasteiger partial charge in [0.2, 0.25) is 0 Å². The normalized spacial score (nSPS) is 12.2. The second kappa shape index (κ2) is 8.39. The molecular weight excluding hydrogens is 450 g/mol. The van der Waals surface area contributed by atoms with Crippen LogP contribution in [0.25, 0.3) is 32.8 Å². The number of nitrogens with zero attached hydrogens (tertiary/aromatic N) is 2. The topological polar surface area (TPSA) is 105 Å². The maximum absolute atomic E-state index is 13.1. The van der Waals surface area contributed by atoms with Gasteiger partial charge in [0.15, 0.2) is 11.2 Å². The molecule has 3 heterocycles. The van der Waals surface area contributed by atoms with Crippen LogP contribution in [0.2, 0.25) is 0 Å². The first kappa shape index (κ1) is 21.8. The van der Waals surface area contributed by atoms with Crippen LogP contribution < -0.4 is 10.7 Å². The van der Waals surface area contributed by atoms with Gasteiger partial charge in [-0.1, -0.05) is 29.5 Å². The van der Waals surface area contributed by atoms with Crippen molar-refractivity contribution >= 4 is 44.3 Å². The Morgan fingerprint density at radius 1 is 1.09 bits per heavy atom. The second-order valence-electron chi connectivity index (χ2n) is 8.18. The lowest BCUT2D eigenvalue weighted by Gasteiger charge is -2.19. The molecule has 0 bridgehead atoms. The van der Waals surface area contributed by atoms with Crippen LogP contribution in [-0.4, -0.2) is 21.0 Å². The molecule has 0 aliphatic heterocycles. The molecule has 34 heavy (non-hydrogen) atoms. The van der Waals surface area contributed by atoms with Crippen molar-refractivity contribution in [2.75, 3.05) is 5.32 Å². The number of rotatable bonds is 5. The molecule has 5 aromatic rings. The van der Waals surface area contributed by atoms with E-state index in [0.717, 1.165) is 26.5 Å². The van der Waals surface area contributed by atoms with Gasteiger partial charge in [0.05, 0.1) is 22.0 Å². The van der Waals surface area contributed by atoms with Gasteiger partial charge in [0.25, 0.3) is 0 Å². The van der Waals surface area contributed by atoms with Gasteiger partial charge < -0.3 is 14.8 Å². The number of pyridine rings is 1. The summed E-state index contributed by atoms with van der Waals surface area (Å²) in [4.78, 5) is 34.6. The zero-order valence-electron chi connectivity index (χ0n) is 18.7. The number of carbonyl (C=O) groups is 1. The summed E-state index contributed by atoms with van der Waals surface area (Å²) in [6, 6.07) is 15.3.